The van der Waals surface area contributed by atoms with E-state index in [2.05, 4.69) is 29.3 Å². The largest absolute Gasteiger partial charge is 0.493 e. The Morgan fingerprint density at radius 2 is 1.73 bits per heavy atom. The molecule has 138 valence electrons. The van der Waals surface area contributed by atoms with Gasteiger partial charge in [-0.05, 0) is 42.2 Å². The van der Waals surface area contributed by atoms with Crippen LogP contribution in [0.25, 0.3) is 0 Å². The summed E-state index contributed by atoms with van der Waals surface area (Å²) in [5.41, 5.74) is 4.79. The van der Waals surface area contributed by atoms with Crippen LogP contribution in [0.5, 0.6) is 11.5 Å². The number of benzene rings is 2. The molecule has 0 aromatic heterocycles. The molecule has 0 saturated carbocycles. The van der Waals surface area contributed by atoms with Crippen LogP contribution in [0.4, 0.5) is 0 Å². The van der Waals surface area contributed by atoms with E-state index in [9.17, 15) is 4.79 Å². The van der Waals surface area contributed by atoms with E-state index < -0.39 is 0 Å². The fourth-order valence-corrected chi connectivity index (χ4v) is 3.24. The summed E-state index contributed by atoms with van der Waals surface area (Å²) < 4.78 is 10.8. The van der Waals surface area contributed by atoms with E-state index in [1.54, 1.807) is 14.2 Å². The van der Waals surface area contributed by atoms with Crippen LogP contribution in [0, 0.1) is 6.92 Å². The van der Waals surface area contributed by atoms with E-state index in [-0.39, 0.29) is 5.91 Å². The van der Waals surface area contributed by atoms with Gasteiger partial charge in [-0.3, -0.25) is 9.69 Å². The molecule has 1 aliphatic rings. The van der Waals surface area contributed by atoms with Gasteiger partial charge >= 0.3 is 0 Å². The van der Waals surface area contributed by atoms with Gasteiger partial charge in [0.1, 0.15) is 0 Å². The molecule has 2 aromatic rings. The lowest BCUT2D eigenvalue weighted by atomic mass is 9.99. The highest BCUT2D eigenvalue weighted by Crippen LogP contribution is 2.33. The average molecular weight is 354 g/mol. The standard InChI is InChI=1S/C21H26N2O3/c1-15-4-6-16(7-5-15)12-22-21(24)14-23-9-8-17-10-19(25-2)20(26-3)11-18(17)13-23/h4-7,10-11H,8-9,12-14H2,1-3H3,(H,22,24). The minimum atomic E-state index is 0.0505. The zero-order valence-corrected chi connectivity index (χ0v) is 15.7. The number of fused-ring (bicyclic) bond motifs is 1. The monoisotopic (exact) mass is 354 g/mol. The molecular formula is C21H26N2O3. The molecule has 2 aromatic carbocycles. The fraction of sp³-hybridized carbons (Fsp3) is 0.381. The molecule has 1 heterocycles. The minimum Gasteiger partial charge on any atom is -0.493 e. The zero-order chi connectivity index (χ0) is 18.5. The molecule has 3 rings (SSSR count). The molecule has 0 unspecified atom stereocenters. The van der Waals surface area contributed by atoms with Gasteiger partial charge in [0.25, 0.3) is 0 Å². The molecule has 0 atom stereocenters. The van der Waals surface area contributed by atoms with Crippen molar-refractivity contribution in [2.24, 2.45) is 0 Å². The summed E-state index contributed by atoms with van der Waals surface area (Å²) in [5, 5.41) is 3.01. The van der Waals surface area contributed by atoms with Crippen molar-refractivity contribution < 1.29 is 14.3 Å². The Bertz CT molecular complexity index is 772. The molecule has 1 amide bonds. The van der Waals surface area contributed by atoms with Crippen molar-refractivity contribution in [2.45, 2.75) is 26.4 Å². The van der Waals surface area contributed by atoms with Gasteiger partial charge in [-0.1, -0.05) is 29.8 Å². The minimum absolute atomic E-state index is 0.0505. The maximum atomic E-state index is 12.3. The van der Waals surface area contributed by atoms with Gasteiger partial charge < -0.3 is 14.8 Å². The second-order valence-corrected chi connectivity index (χ2v) is 6.70. The van der Waals surface area contributed by atoms with E-state index in [1.807, 2.05) is 24.3 Å². The molecule has 0 aliphatic carbocycles. The summed E-state index contributed by atoms with van der Waals surface area (Å²) in [5.74, 6) is 1.54. The van der Waals surface area contributed by atoms with Crippen LogP contribution in [-0.4, -0.2) is 38.1 Å². The van der Waals surface area contributed by atoms with E-state index in [0.717, 1.165) is 36.6 Å². The second-order valence-electron chi connectivity index (χ2n) is 6.70. The molecule has 0 spiro atoms. The van der Waals surface area contributed by atoms with Crippen molar-refractivity contribution in [3.8, 4) is 11.5 Å². The maximum Gasteiger partial charge on any atom is 0.234 e. The first-order valence-corrected chi connectivity index (χ1v) is 8.87. The quantitative estimate of drug-likeness (QED) is 0.867. The van der Waals surface area contributed by atoms with Gasteiger partial charge in [-0.2, -0.15) is 0 Å². The number of hydrogen-bond donors (Lipinski definition) is 1. The summed E-state index contributed by atoms with van der Waals surface area (Å²) in [7, 11) is 3.29. The summed E-state index contributed by atoms with van der Waals surface area (Å²) in [6.45, 7) is 4.63. The van der Waals surface area contributed by atoms with Crippen LogP contribution in [0.1, 0.15) is 22.3 Å². The molecule has 5 heteroatoms. The fourth-order valence-electron chi connectivity index (χ4n) is 3.24. The van der Waals surface area contributed by atoms with Crippen molar-refractivity contribution >= 4 is 5.91 Å². The third-order valence-electron chi connectivity index (χ3n) is 4.77. The highest BCUT2D eigenvalue weighted by Gasteiger charge is 2.21. The molecule has 1 aliphatic heterocycles. The summed E-state index contributed by atoms with van der Waals surface area (Å²) in [6.07, 6.45) is 0.904. The molecule has 0 radical (unpaired) electrons. The number of rotatable bonds is 6. The van der Waals surface area contributed by atoms with Gasteiger partial charge in [-0.15, -0.1) is 0 Å². The Balaban J connectivity index is 1.56. The molecule has 5 nitrogen and oxygen atoms in total. The van der Waals surface area contributed by atoms with E-state index in [0.29, 0.717) is 13.1 Å². The predicted octanol–water partition coefficient (Wildman–Crippen LogP) is 2.69. The lowest BCUT2D eigenvalue weighted by Gasteiger charge is -2.29. The zero-order valence-electron chi connectivity index (χ0n) is 15.7. The first-order chi connectivity index (χ1) is 12.6. The van der Waals surface area contributed by atoms with Crippen molar-refractivity contribution in [2.75, 3.05) is 27.3 Å². The SMILES string of the molecule is COc1cc2c(cc1OC)CN(CC(=O)NCc1ccc(C)cc1)CC2. The molecule has 0 fully saturated rings. The number of aryl methyl sites for hydroxylation is 1. The Labute approximate surface area is 154 Å². The molecule has 0 bridgehead atoms. The van der Waals surface area contributed by atoms with Crippen molar-refractivity contribution in [1.29, 1.82) is 0 Å². The van der Waals surface area contributed by atoms with Crippen LogP contribution < -0.4 is 14.8 Å². The summed E-state index contributed by atoms with van der Waals surface area (Å²) in [6, 6.07) is 12.3. The predicted molar refractivity (Wildman–Crippen MR) is 102 cm³/mol. The first kappa shape index (κ1) is 18.3. The number of methoxy groups -OCH3 is 2. The number of nitrogens with zero attached hydrogens (tertiary/aromatic N) is 1. The third kappa shape index (κ3) is 4.35. The number of carbonyl (C=O) groups excluding carboxylic acids is 1. The molecular weight excluding hydrogens is 328 g/mol. The topological polar surface area (TPSA) is 50.8 Å². The highest BCUT2D eigenvalue weighted by molar-refractivity contribution is 5.78. The Morgan fingerprint density at radius 3 is 2.38 bits per heavy atom. The number of carbonyl (C=O) groups is 1. The van der Waals surface area contributed by atoms with Crippen LogP contribution >= 0.6 is 0 Å². The number of nitrogens with one attached hydrogen (secondary N) is 1. The number of ether oxygens (including phenoxy) is 2. The van der Waals surface area contributed by atoms with Gasteiger partial charge in [0, 0.05) is 19.6 Å². The lowest BCUT2D eigenvalue weighted by Crippen LogP contribution is -2.39. The normalized spacial score (nSPS) is 13.8. The third-order valence-corrected chi connectivity index (χ3v) is 4.77. The van der Waals surface area contributed by atoms with Gasteiger partial charge in [-0.25, -0.2) is 0 Å². The smallest absolute Gasteiger partial charge is 0.234 e. The van der Waals surface area contributed by atoms with Crippen LogP contribution in [0.3, 0.4) is 0 Å². The van der Waals surface area contributed by atoms with Gasteiger partial charge in [0.2, 0.25) is 5.91 Å². The van der Waals surface area contributed by atoms with E-state index in [4.69, 9.17) is 9.47 Å². The Kier molecular flexibility index (Phi) is 5.78. The van der Waals surface area contributed by atoms with Crippen LogP contribution in [0.15, 0.2) is 36.4 Å². The van der Waals surface area contributed by atoms with Crippen LogP contribution in [0.2, 0.25) is 0 Å². The Hall–Kier alpha value is -2.53. The maximum absolute atomic E-state index is 12.3. The Morgan fingerprint density at radius 1 is 1.08 bits per heavy atom. The van der Waals surface area contributed by atoms with E-state index >= 15 is 0 Å². The molecule has 0 saturated heterocycles. The van der Waals surface area contributed by atoms with Crippen molar-refractivity contribution in [1.82, 2.24) is 10.2 Å². The number of hydrogen-bond acceptors (Lipinski definition) is 4. The summed E-state index contributed by atoms with van der Waals surface area (Å²) >= 11 is 0. The number of amides is 1. The van der Waals surface area contributed by atoms with Crippen molar-refractivity contribution in [3.05, 3.63) is 58.7 Å². The lowest BCUT2D eigenvalue weighted by molar-refractivity contribution is -0.122. The molecule has 1 N–H and O–H groups in total. The van der Waals surface area contributed by atoms with Gasteiger partial charge in [0.05, 0.1) is 20.8 Å². The second kappa shape index (κ2) is 8.23. The van der Waals surface area contributed by atoms with Crippen molar-refractivity contribution in [3.63, 3.8) is 0 Å². The highest BCUT2D eigenvalue weighted by atomic mass is 16.5. The molecule has 26 heavy (non-hydrogen) atoms. The van der Waals surface area contributed by atoms with Crippen LogP contribution in [-0.2, 0) is 24.3 Å². The average Bonchev–Trinajstić information content (AvgIpc) is 2.66. The van der Waals surface area contributed by atoms with Gasteiger partial charge in [0.15, 0.2) is 11.5 Å². The summed E-state index contributed by atoms with van der Waals surface area (Å²) in [4.78, 5) is 14.5. The first-order valence-electron chi connectivity index (χ1n) is 8.87. The van der Waals surface area contributed by atoms with E-state index in [1.165, 1.54) is 16.7 Å².